The van der Waals surface area contributed by atoms with Crippen LogP contribution in [0.2, 0.25) is 0 Å². The zero-order valence-corrected chi connectivity index (χ0v) is 20.0. The maximum atomic E-state index is 5.79. The molecule has 1 saturated heterocycles. The number of aryl methyl sites for hydroxylation is 3. The number of benzene rings is 2. The maximum absolute atomic E-state index is 5.79. The van der Waals surface area contributed by atoms with E-state index in [1.807, 2.05) is 12.1 Å². The molecular weight excluding hydrogens is 424 g/mol. The van der Waals surface area contributed by atoms with Crippen LogP contribution in [0.15, 0.2) is 48.7 Å². The van der Waals surface area contributed by atoms with E-state index in [1.165, 1.54) is 42.6 Å². The lowest BCUT2D eigenvalue weighted by Crippen LogP contribution is -2.25. The van der Waals surface area contributed by atoms with E-state index in [0.717, 1.165) is 34.4 Å². The highest BCUT2D eigenvalue weighted by Crippen LogP contribution is 2.31. The first-order valence-electron chi connectivity index (χ1n) is 11.9. The van der Waals surface area contributed by atoms with Crippen LogP contribution in [-0.4, -0.2) is 51.3 Å². The van der Waals surface area contributed by atoms with Crippen molar-refractivity contribution in [1.82, 2.24) is 25.1 Å². The fraction of sp³-hybridized carbons (Fsp3) is 0.333. The molecule has 0 amide bonds. The minimum atomic E-state index is 0.444. The van der Waals surface area contributed by atoms with Gasteiger partial charge in [-0.25, -0.2) is 9.97 Å². The molecule has 0 spiro atoms. The van der Waals surface area contributed by atoms with Gasteiger partial charge in [-0.3, -0.25) is 4.90 Å². The molecule has 0 saturated carbocycles. The van der Waals surface area contributed by atoms with E-state index < -0.39 is 0 Å². The molecule has 0 atom stereocenters. The third-order valence-electron chi connectivity index (χ3n) is 6.37. The van der Waals surface area contributed by atoms with E-state index in [1.54, 1.807) is 6.20 Å². The summed E-state index contributed by atoms with van der Waals surface area (Å²) in [6, 6.07) is 14.4. The van der Waals surface area contributed by atoms with E-state index in [-0.39, 0.29) is 0 Å². The van der Waals surface area contributed by atoms with Crippen molar-refractivity contribution in [1.29, 1.82) is 0 Å². The van der Waals surface area contributed by atoms with Gasteiger partial charge in [0.05, 0.1) is 17.4 Å². The van der Waals surface area contributed by atoms with Crippen molar-refractivity contribution in [2.75, 3.05) is 31.6 Å². The first-order chi connectivity index (χ1) is 16.6. The Labute approximate surface area is 200 Å². The van der Waals surface area contributed by atoms with Crippen LogP contribution in [0.3, 0.4) is 0 Å². The van der Waals surface area contributed by atoms with Crippen LogP contribution in [0.1, 0.15) is 29.5 Å². The van der Waals surface area contributed by atoms with Gasteiger partial charge in [0, 0.05) is 12.6 Å². The molecule has 174 valence electrons. The Morgan fingerprint density at radius 2 is 1.74 bits per heavy atom. The highest BCUT2D eigenvalue weighted by molar-refractivity contribution is 5.86. The number of nitrogens with zero attached hydrogens (tertiary/aromatic N) is 5. The molecule has 0 aliphatic carbocycles. The second-order valence-electron chi connectivity index (χ2n) is 8.97. The van der Waals surface area contributed by atoms with Gasteiger partial charge < -0.3 is 10.1 Å². The molecule has 5 rings (SSSR count). The lowest BCUT2D eigenvalue weighted by molar-refractivity contribution is 0.232. The van der Waals surface area contributed by atoms with Gasteiger partial charge in [0.1, 0.15) is 12.1 Å². The van der Waals surface area contributed by atoms with Crippen LogP contribution < -0.4 is 10.1 Å². The van der Waals surface area contributed by atoms with Gasteiger partial charge in [-0.1, -0.05) is 18.2 Å². The molecule has 1 fully saturated rings. The topological polar surface area (TPSA) is 76.1 Å². The molecule has 2 aromatic heterocycles. The average Bonchev–Trinajstić information content (AvgIpc) is 3.34. The molecule has 0 unspecified atom stereocenters. The number of hydrogen-bond donors (Lipinski definition) is 1. The number of likely N-dealkylation sites (tertiary alicyclic amines) is 1. The van der Waals surface area contributed by atoms with E-state index in [0.29, 0.717) is 18.4 Å². The van der Waals surface area contributed by atoms with Crippen molar-refractivity contribution in [3.05, 3.63) is 65.4 Å². The molecule has 7 nitrogen and oxygen atoms in total. The molecule has 34 heavy (non-hydrogen) atoms. The summed E-state index contributed by atoms with van der Waals surface area (Å²) in [6.45, 7) is 10.3. The Morgan fingerprint density at radius 1 is 0.941 bits per heavy atom. The summed E-state index contributed by atoms with van der Waals surface area (Å²) in [5.41, 5.74) is 8.34. The molecule has 1 N–H and O–H groups in total. The van der Waals surface area contributed by atoms with E-state index in [2.05, 4.69) is 76.5 Å². The molecular formula is C27H30N6O. The largest absolute Gasteiger partial charge is 0.476 e. The van der Waals surface area contributed by atoms with Crippen molar-refractivity contribution in [3.8, 4) is 17.0 Å². The van der Waals surface area contributed by atoms with E-state index in [9.17, 15) is 0 Å². The summed E-state index contributed by atoms with van der Waals surface area (Å²) in [7, 11) is 0. The van der Waals surface area contributed by atoms with Crippen molar-refractivity contribution in [2.45, 2.75) is 33.6 Å². The van der Waals surface area contributed by atoms with Crippen LogP contribution in [-0.2, 0) is 0 Å². The zero-order chi connectivity index (χ0) is 23.5. The van der Waals surface area contributed by atoms with Gasteiger partial charge in [0.25, 0.3) is 0 Å². The minimum absolute atomic E-state index is 0.444. The fourth-order valence-corrected chi connectivity index (χ4v) is 4.63. The summed E-state index contributed by atoms with van der Waals surface area (Å²) >= 11 is 0. The van der Waals surface area contributed by atoms with Gasteiger partial charge in [-0.15, -0.1) is 10.2 Å². The van der Waals surface area contributed by atoms with Gasteiger partial charge in [0.15, 0.2) is 0 Å². The molecule has 0 radical (unpaired) electrons. The normalized spacial score (nSPS) is 14.0. The van der Waals surface area contributed by atoms with Crippen LogP contribution in [0, 0.1) is 20.8 Å². The summed E-state index contributed by atoms with van der Waals surface area (Å²) in [4.78, 5) is 11.5. The molecule has 0 bridgehead atoms. The average molecular weight is 455 g/mol. The predicted octanol–water partition coefficient (Wildman–Crippen LogP) is 5.23. The molecule has 1 aliphatic heterocycles. The Morgan fingerprint density at radius 3 is 2.47 bits per heavy atom. The van der Waals surface area contributed by atoms with Crippen molar-refractivity contribution < 1.29 is 4.74 Å². The molecule has 4 aromatic rings. The standard InChI is InChI=1S/C27H30N6O/c1-18-7-6-8-19(2)25(18)21-15-20(3)26-23(16-21)31-32-27(30-26)29-22-9-10-24(28-17-22)34-14-13-33-11-4-5-12-33/h6-10,15-17H,4-5,11-14H2,1-3H3,(H,29,30,32). The molecule has 3 heterocycles. The molecule has 2 aromatic carbocycles. The monoisotopic (exact) mass is 454 g/mol. The third-order valence-corrected chi connectivity index (χ3v) is 6.37. The van der Waals surface area contributed by atoms with Crippen LogP contribution in [0.25, 0.3) is 22.2 Å². The predicted molar refractivity (Wildman–Crippen MR) is 136 cm³/mol. The first-order valence-corrected chi connectivity index (χ1v) is 11.9. The smallest absolute Gasteiger partial charge is 0.247 e. The van der Waals surface area contributed by atoms with Gasteiger partial charge in [0.2, 0.25) is 11.8 Å². The number of hydrogen-bond acceptors (Lipinski definition) is 7. The zero-order valence-electron chi connectivity index (χ0n) is 20.0. The lowest BCUT2D eigenvalue weighted by Gasteiger charge is -2.14. The van der Waals surface area contributed by atoms with E-state index >= 15 is 0 Å². The lowest BCUT2D eigenvalue weighted by atomic mass is 9.94. The summed E-state index contributed by atoms with van der Waals surface area (Å²) in [5, 5.41) is 12.0. The van der Waals surface area contributed by atoms with Gasteiger partial charge >= 0.3 is 0 Å². The highest BCUT2D eigenvalue weighted by Gasteiger charge is 2.12. The fourth-order valence-electron chi connectivity index (χ4n) is 4.63. The number of rotatable bonds is 7. The minimum Gasteiger partial charge on any atom is -0.476 e. The summed E-state index contributed by atoms with van der Waals surface area (Å²) in [5.74, 6) is 1.07. The Balaban J connectivity index is 1.29. The first kappa shape index (κ1) is 22.2. The maximum Gasteiger partial charge on any atom is 0.247 e. The van der Waals surface area contributed by atoms with Crippen LogP contribution >= 0.6 is 0 Å². The SMILES string of the molecule is Cc1cccc(C)c1-c1cc(C)c2nc(Nc3ccc(OCCN4CCCC4)nc3)nnc2c1. The number of nitrogens with one attached hydrogen (secondary N) is 1. The Bertz CT molecular complexity index is 1280. The Hall–Kier alpha value is -3.58. The number of pyridine rings is 1. The number of ether oxygens (including phenoxy) is 1. The second-order valence-corrected chi connectivity index (χ2v) is 8.97. The van der Waals surface area contributed by atoms with Crippen molar-refractivity contribution in [2.24, 2.45) is 0 Å². The van der Waals surface area contributed by atoms with Crippen LogP contribution in [0.5, 0.6) is 5.88 Å². The summed E-state index contributed by atoms with van der Waals surface area (Å²) in [6.07, 6.45) is 4.31. The number of aromatic nitrogens is 4. The van der Waals surface area contributed by atoms with Gasteiger partial charge in [-0.2, -0.15) is 0 Å². The number of anilines is 2. The Kier molecular flexibility index (Phi) is 6.36. The number of fused-ring (bicyclic) bond motifs is 1. The molecule has 1 aliphatic rings. The third kappa shape index (κ3) is 4.84. The van der Waals surface area contributed by atoms with Crippen molar-refractivity contribution >= 4 is 22.7 Å². The molecule has 7 heteroatoms. The van der Waals surface area contributed by atoms with Gasteiger partial charge in [-0.05, 0) is 92.7 Å². The van der Waals surface area contributed by atoms with Crippen LogP contribution in [0.4, 0.5) is 11.6 Å². The highest BCUT2D eigenvalue weighted by atomic mass is 16.5. The second kappa shape index (κ2) is 9.73. The summed E-state index contributed by atoms with van der Waals surface area (Å²) < 4.78 is 5.79. The quantitative estimate of drug-likeness (QED) is 0.410. The van der Waals surface area contributed by atoms with Crippen molar-refractivity contribution in [3.63, 3.8) is 0 Å². The van der Waals surface area contributed by atoms with E-state index in [4.69, 9.17) is 9.72 Å².